The normalized spacial score (nSPS) is 18.8. The van der Waals surface area contributed by atoms with Crippen LogP contribution < -0.4 is 4.90 Å². The number of piperidine rings is 1. The van der Waals surface area contributed by atoms with Gasteiger partial charge in [-0.3, -0.25) is 9.59 Å². The van der Waals surface area contributed by atoms with E-state index in [9.17, 15) is 9.59 Å². The van der Waals surface area contributed by atoms with Gasteiger partial charge in [0, 0.05) is 26.2 Å². The molecule has 0 N–H and O–H groups in total. The van der Waals surface area contributed by atoms with E-state index in [4.69, 9.17) is 4.74 Å². The van der Waals surface area contributed by atoms with Crippen LogP contribution in [0.2, 0.25) is 0 Å². The third-order valence-corrected chi connectivity index (χ3v) is 6.31. The van der Waals surface area contributed by atoms with Crippen molar-refractivity contribution >= 4 is 38.6 Å². The first-order chi connectivity index (χ1) is 12.7. The van der Waals surface area contributed by atoms with Gasteiger partial charge >= 0.3 is 5.97 Å². The largest absolute Gasteiger partial charge is 0.466 e. The van der Waals surface area contributed by atoms with Gasteiger partial charge in [-0.25, -0.2) is 4.98 Å². The van der Waals surface area contributed by atoms with Gasteiger partial charge in [-0.2, -0.15) is 0 Å². The molecule has 6 nitrogen and oxygen atoms in total. The second kappa shape index (κ2) is 7.23. The minimum Gasteiger partial charge on any atom is -0.466 e. The molecular weight excluding hydrogens is 350 g/mol. The van der Waals surface area contributed by atoms with Crippen molar-refractivity contribution in [2.45, 2.75) is 19.8 Å². The molecule has 2 aromatic rings. The highest BCUT2D eigenvalue weighted by atomic mass is 32.1. The summed E-state index contributed by atoms with van der Waals surface area (Å²) in [6.45, 7) is 5.01. The summed E-state index contributed by atoms with van der Waals surface area (Å²) in [6.07, 6.45) is 1.41. The van der Waals surface area contributed by atoms with E-state index in [1.165, 1.54) is 4.70 Å². The fraction of sp³-hybridized carbons (Fsp3) is 0.526. The zero-order valence-corrected chi connectivity index (χ0v) is 15.7. The minimum atomic E-state index is -0.120. The van der Waals surface area contributed by atoms with Crippen molar-refractivity contribution in [2.75, 3.05) is 37.7 Å². The van der Waals surface area contributed by atoms with Gasteiger partial charge in [0.25, 0.3) is 0 Å². The predicted molar refractivity (Wildman–Crippen MR) is 101 cm³/mol. The van der Waals surface area contributed by atoms with Crippen LogP contribution in [0.25, 0.3) is 10.2 Å². The summed E-state index contributed by atoms with van der Waals surface area (Å²) in [7, 11) is 0. The fourth-order valence-corrected chi connectivity index (χ4v) is 4.62. The SMILES string of the molecule is CCOC(=O)C1CCN(C(=O)C2CN(c3nc4ccccc4s3)C2)CC1. The Morgan fingerprint density at radius 2 is 1.92 bits per heavy atom. The van der Waals surface area contributed by atoms with Gasteiger partial charge in [0.05, 0.1) is 28.7 Å². The van der Waals surface area contributed by atoms with Crippen LogP contribution in [0, 0.1) is 11.8 Å². The summed E-state index contributed by atoms with van der Waals surface area (Å²) in [5.74, 6) is 0.0794. The Hall–Kier alpha value is -2.15. The van der Waals surface area contributed by atoms with Crippen LogP contribution in [0.5, 0.6) is 0 Å². The maximum Gasteiger partial charge on any atom is 0.309 e. The molecule has 0 bridgehead atoms. The Labute approximate surface area is 156 Å². The molecule has 26 heavy (non-hydrogen) atoms. The van der Waals surface area contributed by atoms with Crippen molar-refractivity contribution in [3.05, 3.63) is 24.3 Å². The van der Waals surface area contributed by atoms with Crippen LogP contribution in [0.3, 0.4) is 0 Å². The second-order valence-corrected chi connectivity index (χ2v) is 7.93. The quantitative estimate of drug-likeness (QED) is 0.771. The zero-order chi connectivity index (χ0) is 18.1. The maximum atomic E-state index is 12.7. The minimum absolute atomic E-state index is 0.0427. The Morgan fingerprint density at radius 1 is 1.19 bits per heavy atom. The number of amides is 1. The van der Waals surface area contributed by atoms with Crippen molar-refractivity contribution in [3.8, 4) is 0 Å². The number of nitrogens with zero attached hydrogens (tertiary/aromatic N) is 3. The van der Waals surface area contributed by atoms with E-state index in [-0.39, 0.29) is 23.7 Å². The number of hydrogen-bond donors (Lipinski definition) is 0. The molecule has 4 rings (SSSR count). The number of fused-ring (bicyclic) bond motifs is 1. The van der Waals surface area contributed by atoms with Gasteiger partial charge in [0.15, 0.2) is 5.13 Å². The summed E-state index contributed by atoms with van der Waals surface area (Å²) in [5, 5.41) is 0.997. The molecule has 7 heteroatoms. The van der Waals surface area contributed by atoms with E-state index < -0.39 is 0 Å². The standard InChI is InChI=1S/C19H23N3O3S/c1-2-25-18(24)13-7-9-21(10-8-13)17(23)14-11-22(12-14)19-20-15-5-3-4-6-16(15)26-19/h3-6,13-14H,2,7-12H2,1H3. The number of rotatable bonds is 4. The van der Waals surface area contributed by atoms with Gasteiger partial charge in [0.1, 0.15) is 0 Å². The number of likely N-dealkylation sites (tertiary alicyclic amines) is 1. The lowest BCUT2D eigenvalue weighted by Gasteiger charge is -2.41. The molecule has 0 saturated carbocycles. The molecule has 0 spiro atoms. The smallest absolute Gasteiger partial charge is 0.309 e. The highest BCUT2D eigenvalue weighted by Gasteiger charge is 2.38. The number of aromatic nitrogens is 1. The van der Waals surface area contributed by atoms with E-state index in [1.807, 2.05) is 30.0 Å². The Bertz CT molecular complexity index is 774. The van der Waals surface area contributed by atoms with E-state index in [2.05, 4.69) is 16.0 Å². The van der Waals surface area contributed by atoms with Gasteiger partial charge in [-0.05, 0) is 31.9 Å². The van der Waals surface area contributed by atoms with Gasteiger partial charge in [-0.1, -0.05) is 23.5 Å². The van der Waals surface area contributed by atoms with Crippen molar-refractivity contribution < 1.29 is 14.3 Å². The number of ether oxygens (including phenoxy) is 1. The number of anilines is 1. The van der Waals surface area contributed by atoms with Crippen molar-refractivity contribution in [2.24, 2.45) is 11.8 Å². The number of benzene rings is 1. The summed E-state index contributed by atoms with van der Waals surface area (Å²) in [6, 6.07) is 8.11. The number of carbonyl (C=O) groups is 2. The topological polar surface area (TPSA) is 62.7 Å². The molecule has 0 unspecified atom stereocenters. The van der Waals surface area contributed by atoms with Crippen LogP contribution in [-0.4, -0.2) is 54.5 Å². The van der Waals surface area contributed by atoms with Gasteiger partial charge < -0.3 is 14.5 Å². The lowest BCUT2D eigenvalue weighted by Crippen LogP contribution is -2.56. The van der Waals surface area contributed by atoms with E-state index in [0.29, 0.717) is 32.5 Å². The van der Waals surface area contributed by atoms with Crippen LogP contribution in [0.1, 0.15) is 19.8 Å². The first-order valence-corrected chi connectivity index (χ1v) is 10.0. The number of para-hydroxylation sites is 1. The third-order valence-electron chi connectivity index (χ3n) is 5.21. The molecule has 0 aliphatic carbocycles. The molecule has 2 aliphatic heterocycles. The molecule has 0 atom stereocenters. The second-order valence-electron chi connectivity index (χ2n) is 6.92. The third kappa shape index (κ3) is 3.28. The Balaban J connectivity index is 1.29. The highest BCUT2D eigenvalue weighted by molar-refractivity contribution is 7.22. The monoisotopic (exact) mass is 373 g/mol. The van der Waals surface area contributed by atoms with Crippen molar-refractivity contribution in [1.82, 2.24) is 9.88 Å². The number of esters is 1. The Kier molecular flexibility index (Phi) is 4.80. The average Bonchev–Trinajstić information content (AvgIpc) is 3.04. The summed E-state index contributed by atoms with van der Waals surface area (Å²) in [4.78, 5) is 33.3. The first-order valence-electron chi connectivity index (χ1n) is 9.21. The van der Waals surface area contributed by atoms with E-state index >= 15 is 0 Å². The molecule has 1 aromatic heterocycles. The van der Waals surface area contributed by atoms with Crippen molar-refractivity contribution in [1.29, 1.82) is 0 Å². The van der Waals surface area contributed by atoms with E-state index in [0.717, 1.165) is 23.7 Å². The number of carbonyl (C=O) groups excluding carboxylic acids is 2. The first kappa shape index (κ1) is 17.3. The summed E-state index contributed by atoms with van der Waals surface area (Å²) < 4.78 is 6.27. The van der Waals surface area contributed by atoms with Gasteiger partial charge in [0.2, 0.25) is 5.91 Å². The molecule has 0 radical (unpaired) electrons. The van der Waals surface area contributed by atoms with Crippen LogP contribution in [0.4, 0.5) is 5.13 Å². The molecular formula is C19H23N3O3S. The number of thiazole rings is 1. The molecule has 138 valence electrons. The molecule has 2 saturated heterocycles. The zero-order valence-electron chi connectivity index (χ0n) is 14.9. The highest BCUT2D eigenvalue weighted by Crippen LogP contribution is 2.33. The predicted octanol–water partition coefficient (Wildman–Crippen LogP) is 2.53. The fourth-order valence-electron chi connectivity index (χ4n) is 3.64. The molecule has 1 amide bonds. The van der Waals surface area contributed by atoms with Crippen LogP contribution in [0.15, 0.2) is 24.3 Å². The maximum absolute atomic E-state index is 12.7. The lowest BCUT2D eigenvalue weighted by atomic mass is 9.93. The molecule has 1 aromatic carbocycles. The molecule has 3 heterocycles. The molecule has 2 fully saturated rings. The van der Waals surface area contributed by atoms with Crippen molar-refractivity contribution in [3.63, 3.8) is 0 Å². The van der Waals surface area contributed by atoms with E-state index in [1.54, 1.807) is 11.3 Å². The molecule has 2 aliphatic rings. The number of hydrogen-bond acceptors (Lipinski definition) is 6. The Morgan fingerprint density at radius 3 is 2.62 bits per heavy atom. The van der Waals surface area contributed by atoms with Crippen LogP contribution >= 0.6 is 11.3 Å². The lowest BCUT2D eigenvalue weighted by molar-refractivity contribution is -0.152. The summed E-state index contributed by atoms with van der Waals surface area (Å²) in [5.41, 5.74) is 1.02. The average molecular weight is 373 g/mol. The van der Waals surface area contributed by atoms with Gasteiger partial charge in [-0.15, -0.1) is 0 Å². The summed E-state index contributed by atoms with van der Waals surface area (Å²) >= 11 is 1.68. The van der Waals surface area contributed by atoms with Crippen LogP contribution in [-0.2, 0) is 14.3 Å².